The second-order valence-corrected chi connectivity index (χ2v) is 15.2. The van der Waals surface area contributed by atoms with Crippen molar-refractivity contribution in [2.24, 2.45) is 0 Å². The van der Waals surface area contributed by atoms with Crippen LogP contribution in [0.4, 0.5) is 0 Å². The summed E-state index contributed by atoms with van der Waals surface area (Å²) < 4.78 is 0. The standard InChI is InChI=1S/C52H30N4/c1-2-10-30-18-38-37(17-29(30)9-1)45-25-47-39-19-31-11-3-4-12-32(31)20-40(39)49(54-47)27-51-43-23-35-15-7-8-16-36(35)24-44(43)52(56-51)28-50-42-22-34-14-6-5-13-33(34)21-41(42)48(55-50)26-46(38)53-45/h1-28,53,56H. The molecule has 2 aliphatic rings. The van der Waals surface area contributed by atoms with Gasteiger partial charge in [-0.1, -0.05) is 97.1 Å². The highest BCUT2D eigenvalue weighted by Crippen LogP contribution is 2.43. The number of nitrogens with one attached hydrogen (secondary N) is 2. The van der Waals surface area contributed by atoms with Gasteiger partial charge in [-0.05, 0) is 116 Å². The monoisotopic (exact) mass is 710 g/mol. The molecule has 4 nitrogen and oxygen atoms in total. The van der Waals surface area contributed by atoms with Crippen LogP contribution in [0.3, 0.4) is 0 Å². The minimum Gasteiger partial charge on any atom is -0.354 e. The van der Waals surface area contributed by atoms with Crippen LogP contribution in [0.15, 0.2) is 170 Å². The first kappa shape index (κ1) is 29.8. The molecule has 0 unspecified atom stereocenters. The Labute approximate surface area is 320 Å². The predicted octanol–water partition coefficient (Wildman–Crippen LogP) is 13.9. The summed E-state index contributed by atoms with van der Waals surface area (Å²) in [5.41, 5.74) is 12.3. The van der Waals surface area contributed by atoms with Gasteiger partial charge in [0.25, 0.3) is 0 Å². The summed E-state index contributed by atoms with van der Waals surface area (Å²) in [6, 6.07) is 61.8. The lowest BCUT2D eigenvalue weighted by Gasteiger charge is -2.04. The number of benzene rings is 8. The van der Waals surface area contributed by atoms with Gasteiger partial charge >= 0.3 is 0 Å². The van der Waals surface area contributed by atoms with E-state index in [9.17, 15) is 0 Å². The molecule has 5 heterocycles. The summed E-state index contributed by atoms with van der Waals surface area (Å²) >= 11 is 0. The van der Waals surface area contributed by atoms with Crippen molar-refractivity contribution in [1.82, 2.24) is 19.9 Å². The van der Waals surface area contributed by atoms with Crippen LogP contribution in [0.2, 0.25) is 0 Å². The van der Waals surface area contributed by atoms with Crippen LogP contribution >= 0.6 is 0 Å². The highest BCUT2D eigenvalue weighted by atomic mass is 14.8. The van der Waals surface area contributed by atoms with Gasteiger partial charge in [0, 0.05) is 65.9 Å². The maximum absolute atomic E-state index is 5.45. The smallest absolute Gasteiger partial charge is 0.0737 e. The van der Waals surface area contributed by atoms with Crippen molar-refractivity contribution in [2.75, 3.05) is 0 Å². The van der Waals surface area contributed by atoms with Gasteiger partial charge in [0.05, 0.1) is 22.8 Å². The van der Waals surface area contributed by atoms with Gasteiger partial charge in [-0.2, -0.15) is 0 Å². The number of aromatic amines is 2. The fourth-order valence-corrected chi connectivity index (χ4v) is 9.20. The highest BCUT2D eigenvalue weighted by molar-refractivity contribution is 6.16. The van der Waals surface area contributed by atoms with Crippen molar-refractivity contribution in [3.8, 4) is 45.0 Å². The first-order chi connectivity index (χ1) is 27.7. The average molecular weight is 711 g/mol. The van der Waals surface area contributed by atoms with E-state index < -0.39 is 0 Å². The minimum atomic E-state index is 0.936. The molecule has 4 heteroatoms. The molecule has 3 aromatic heterocycles. The van der Waals surface area contributed by atoms with E-state index in [1.807, 2.05) is 0 Å². The third kappa shape index (κ3) is 4.35. The van der Waals surface area contributed by atoms with Gasteiger partial charge in [-0.15, -0.1) is 0 Å². The summed E-state index contributed by atoms with van der Waals surface area (Å²) in [6.45, 7) is 0. The van der Waals surface area contributed by atoms with Gasteiger partial charge < -0.3 is 9.97 Å². The molecule has 2 N–H and O–H groups in total. The number of nitrogens with zero attached hydrogens (tertiary/aromatic N) is 2. The van der Waals surface area contributed by atoms with Gasteiger partial charge in [-0.25, -0.2) is 9.97 Å². The first-order valence-corrected chi connectivity index (χ1v) is 19.1. The molecule has 0 radical (unpaired) electrons. The Morgan fingerprint density at radius 2 is 0.464 bits per heavy atom. The van der Waals surface area contributed by atoms with E-state index in [0.717, 1.165) is 88.6 Å². The fourth-order valence-electron chi connectivity index (χ4n) is 9.20. The Kier molecular flexibility index (Phi) is 5.86. The number of hydrogen-bond acceptors (Lipinski definition) is 2. The molecule has 13 rings (SSSR count). The molecule has 0 saturated carbocycles. The molecule has 0 saturated heterocycles. The van der Waals surface area contributed by atoms with Crippen LogP contribution in [0.1, 0.15) is 0 Å². The molecule has 56 heavy (non-hydrogen) atoms. The van der Waals surface area contributed by atoms with Crippen molar-refractivity contribution in [2.45, 2.75) is 0 Å². The molecule has 0 aliphatic carbocycles. The Bertz CT molecular complexity index is 3240. The topological polar surface area (TPSA) is 57.4 Å². The van der Waals surface area contributed by atoms with Crippen LogP contribution in [-0.4, -0.2) is 19.9 Å². The maximum Gasteiger partial charge on any atom is 0.0737 e. The summed E-state index contributed by atoms with van der Waals surface area (Å²) in [6.07, 6.45) is 0. The number of aromatic nitrogens is 4. The molecule has 8 aromatic carbocycles. The van der Waals surface area contributed by atoms with Crippen LogP contribution in [0.25, 0.3) is 132 Å². The lowest BCUT2D eigenvalue weighted by molar-refractivity contribution is 1.40. The summed E-state index contributed by atoms with van der Waals surface area (Å²) in [4.78, 5) is 18.7. The van der Waals surface area contributed by atoms with Gasteiger partial charge in [0.1, 0.15) is 0 Å². The molecule has 8 bridgehead atoms. The second kappa shape index (κ2) is 11.0. The quantitative estimate of drug-likeness (QED) is 0.165. The van der Waals surface area contributed by atoms with Crippen LogP contribution in [-0.2, 0) is 0 Å². The number of fused-ring (bicyclic) bond motifs is 24. The average Bonchev–Trinajstić information content (AvgIpc) is 3.95. The van der Waals surface area contributed by atoms with Crippen molar-refractivity contribution in [3.05, 3.63) is 170 Å². The molecule has 0 spiro atoms. The Hall–Kier alpha value is -7.56. The Balaban J connectivity index is 1.24. The zero-order valence-corrected chi connectivity index (χ0v) is 30.1. The van der Waals surface area contributed by atoms with Crippen LogP contribution in [0.5, 0.6) is 0 Å². The predicted molar refractivity (Wildman–Crippen MR) is 235 cm³/mol. The minimum absolute atomic E-state index is 0.936. The molecule has 11 aromatic rings. The highest BCUT2D eigenvalue weighted by Gasteiger charge is 2.21. The second-order valence-electron chi connectivity index (χ2n) is 15.2. The van der Waals surface area contributed by atoms with Gasteiger partial charge in [0.2, 0.25) is 0 Å². The van der Waals surface area contributed by atoms with E-state index in [1.165, 1.54) is 43.1 Å². The summed E-state index contributed by atoms with van der Waals surface area (Å²) in [5, 5.41) is 14.2. The van der Waals surface area contributed by atoms with E-state index in [1.54, 1.807) is 0 Å². The largest absolute Gasteiger partial charge is 0.354 e. The lowest BCUT2D eigenvalue weighted by atomic mass is 9.98. The fraction of sp³-hybridized carbons (Fsp3) is 0. The van der Waals surface area contributed by atoms with Crippen molar-refractivity contribution >= 4 is 86.7 Å². The molecular formula is C52H30N4. The molecule has 0 fully saturated rings. The normalized spacial score (nSPS) is 12.3. The van der Waals surface area contributed by atoms with Gasteiger partial charge in [0.15, 0.2) is 0 Å². The number of hydrogen-bond donors (Lipinski definition) is 2. The third-order valence-corrected chi connectivity index (χ3v) is 12.0. The first-order valence-electron chi connectivity index (χ1n) is 19.1. The maximum atomic E-state index is 5.45. The van der Waals surface area contributed by atoms with E-state index in [0.29, 0.717) is 0 Å². The summed E-state index contributed by atoms with van der Waals surface area (Å²) in [5.74, 6) is 0. The van der Waals surface area contributed by atoms with E-state index in [2.05, 4.69) is 180 Å². The molecule has 258 valence electrons. The Morgan fingerprint density at radius 1 is 0.250 bits per heavy atom. The van der Waals surface area contributed by atoms with E-state index >= 15 is 0 Å². The molecule has 2 aliphatic heterocycles. The zero-order valence-electron chi connectivity index (χ0n) is 30.1. The van der Waals surface area contributed by atoms with Crippen LogP contribution in [0, 0.1) is 0 Å². The number of H-pyrrole nitrogens is 2. The lowest BCUT2D eigenvalue weighted by Crippen LogP contribution is -1.80. The summed E-state index contributed by atoms with van der Waals surface area (Å²) in [7, 11) is 0. The molecule has 0 atom stereocenters. The van der Waals surface area contributed by atoms with E-state index in [-0.39, 0.29) is 0 Å². The molecule has 0 amide bonds. The van der Waals surface area contributed by atoms with Crippen molar-refractivity contribution < 1.29 is 0 Å². The van der Waals surface area contributed by atoms with Crippen LogP contribution < -0.4 is 0 Å². The number of rotatable bonds is 0. The third-order valence-electron chi connectivity index (χ3n) is 12.0. The Morgan fingerprint density at radius 3 is 0.696 bits per heavy atom. The van der Waals surface area contributed by atoms with Crippen molar-refractivity contribution in [1.29, 1.82) is 0 Å². The van der Waals surface area contributed by atoms with Crippen molar-refractivity contribution in [3.63, 3.8) is 0 Å². The zero-order chi connectivity index (χ0) is 36.5. The molecular weight excluding hydrogens is 681 g/mol. The van der Waals surface area contributed by atoms with E-state index in [4.69, 9.17) is 9.97 Å². The van der Waals surface area contributed by atoms with Gasteiger partial charge in [-0.3, -0.25) is 0 Å². The SMILES string of the molecule is c1ccc2cc3c(cc2c1)-c1cc2[nH]c(cc4nc(cc5[nH]c(cc-3n1)c1cc3ccccc3cc51)-c1cc3ccccc3cc1-4)c1cc3ccccc3cc21.